The first-order valence-electron chi connectivity index (χ1n) is 8.50. The van der Waals surface area contributed by atoms with Gasteiger partial charge >= 0.3 is 0 Å². The highest BCUT2D eigenvalue weighted by Crippen LogP contribution is 2.41. The van der Waals surface area contributed by atoms with Crippen LogP contribution in [0, 0.1) is 11.3 Å². The van der Waals surface area contributed by atoms with Crippen LogP contribution in [0.25, 0.3) is 0 Å². The standard InChI is InChI=1S/C19H20N4O2/c20-8-18-21-9-15(10-22-18)19(24)6-16-12-25-13-17(7-19)23(16)11-14-4-2-1-3-5-14/h1-5,9-10,16-17,24H,6-7,11-13H2. The molecule has 2 fully saturated rings. The first kappa shape index (κ1) is 16.2. The molecule has 2 unspecified atom stereocenters. The van der Waals surface area contributed by atoms with Crippen molar-refractivity contribution in [3.8, 4) is 6.07 Å². The molecule has 2 atom stereocenters. The molecule has 25 heavy (non-hydrogen) atoms. The van der Waals surface area contributed by atoms with Gasteiger partial charge in [0.2, 0.25) is 5.82 Å². The van der Waals surface area contributed by atoms with Crippen LogP contribution in [0.2, 0.25) is 0 Å². The summed E-state index contributed by atoms with van der Waals surface area (Å²) in [5, 5.41) is 20.1. The van der Waals surface area contributed by atoms with Gasteiger partial charge in [-0.1, -0.05) is 30.3 Å². The van der Waals surface area contributed by atoms with E-state index in [1.807, 2.05) is 12.1 Å². The lowest BCUT2D eigenvalue weighted by Crippen LogP contribution is -2.60. The Morgan fingerprint density at radius 1 is 1.16 bits per heavy atom. The van der Waals surface area contributed by atoms with Crippen molar-refractivity contribution >= 4 is 0 Å². The molecule has 3 heterocycles. The fourth-order valence-corrected chi connectivity index (χ4v) is 3.96. The van der Waals surface area contributed by atoms with Gasteiger partial charge in [-0.05, 0) is 18.4 Å². The summed E-state index contributed by atoms with van der Waals surface area (Å²) in [7, 11) is 0. The Morgan fingerprint density at radius 3 is 2.40 bits per heavy atom. The predicted molar refractivity (Wildman–Crippen MR) is 90.3 cm³/mol. The number of nitriles is 1. The van der Waals surface area contributed by atoms with E-state index in [0.29, 0.717) is 31.6 Å². The van der Waals surface area contributed by atoms with E-state index in [4.69, 9.17) is 10.00 Å². The maximum Gasteiger partial charge on any atom is 0.232 e. The summed E-state index contributed by atoms with van der Waals surface area (Å²) in [5.41, 5.74) is 0.981. The van der Waals surface area contributed by atoms with E-state index in [1.165, 1.54) is 5.56 Å². The summed E-state index contributed by atoms with van der Waals surface area (Å²) >= 11 is 0. The van der Waals surface area contributed by atoms with E-state index in [1.54, 1.807) is 12.4 Å². The van der Waals surface area contributed by atoms with Crippen LogP contribution in [0.15, 0.2) is 42.7 Å². The van der Waals surface area contributed by atoms with Crippen molar-refractivity contribution in [1.29, 1.82) is 5.26 Å². The lowest BCUT2D eigenvalue weighted by molar-refractivity contribution is -0.149. The van der Waals surface area contributed by atoms with Gasteiger partial charge in [-0.25, -0.2) is 9.97 Å². The molecule has 1 N–H and O–H groups in total. The number of hydrogen-bond acceptors (Lipinski definition) is 6. The molecule has 2 bridgehead atoms. The second-order valence-corrected chi connectivity index (χ2v) is 6.85. The third-order valence-corrected chi connectivity index (χ3v) is 5.20. The Kier molecular flexibility index (Phi) is 4.22. The van der Waals surface area contributed by atoms with Crippen molar-refractivity contribution in [2.24, 2.45) is 0 Å². The molecule has 0 saturated carbocycles. The molecule has 128 valence electrons. The number of morpholine rings is 1. The molecule has 2 saturated heterocycles. The van der Waals surface area contributed by atoms with Crippen LogP contribution in [0.5, 0.6) is 0 Å². The van der Waals surface area contributed by atoms with Crippen LogP contribution >= 0.6 is 0 Å². The van der Waals surface area contributed by atoms with Crippen molar-refractivity contribution in [3.05, 3.63) is 59.7 Å². The maximum atomic E-state index is 11.3. The number of piperidine rings is 1. The SMILES string of the molecule is N#Cc1ncc(C2(O)CC3COCC(C2)N3Cc2ccccc2)cn1. The molecule has 1 aromatic heterocycles. The topological polar surface area (TPSA) is 82.3 Å². The molecular weight excluding hydrogens is 316 g/mol. The highest BCUT2D eigenvalue weighted by molar-refractivity contribution is 5.22. The summed E-state index contributed by atoms with van der Waals surface area (Å²) in [6.45, 7) is 2.09. The van der Waals surface area contributed by atoms with Gasteiger partial charge in [-0.15, -0.1) is 0 Å². The summed E-state index contributed by atoms with van der Waals surface area (Å²) in [5.74, 6) is 0.123. The van der Waals surface area contributed by atoms with E-state index < -0.39 is 5.60 Å². The molecule has 2 aliphatic rings. The molecule has 0 aliphatic carbocycles. The minimum atomic E-state index is -0.972. The Morgan fingerprint density at radius 2 is 1.80 bits per heavy atom. The number of hydrogen-bond donors (Lipinski definition) is 1. The average Bonchev–Trinajstić information content (AvgIpc) is 2.64. The third-order valence-electron chi connectivity index (χ3n) is 5.20. The highest BCUT2D eigenvalue weighted by Gasteiger charge is 2.47. The van der Waals surface area contributed by atoms with Crippen LogP contribution in [0.3, 0.4) is 0 Å². The van der Waals surface area contributed by atoms with Crippen LogP contribution in [0.1, 0.15) is 29.8 Å². The van der Waals surface area contributed by atoms with E-state index in [0.717, 1.165) is 6.54 Å². The summed E-state index contributed by atoms with van der Waals surface area (Å²) in [6, 6.07) is 12.6. The predicted octanol–water partition coefficient (Wildman–Crippen LogP) is 1.60. The highest BCUT2D eigenvalue weighted by atomic mass is 16.5. The molecular formula is C19H20N4O2. The van der Waals surface area contributed by atoms with Crippen molar-refractivity contribution < 1.29 is 9.84 Å². The molecule has 6 heteroatoms. The van der Waals surface area contributed by atoms with Crippen molar-refractivity contribution in [1.82, 2.24) is 14.9 Å². The zero-order valence-electron chi connectivity index (χ0n) is 13.9. The van der Waals surface area contributed by atoms with Gasteiger partial charge in [-0.2, -0.15) is 5.26 Å². The fourth-order valence-electron chi connectivity index (χ4n) is 3.96. The minimum absolute atomic E-state index is 0.123. The molecule has 1 aromatic carbocycles. The zero-order chi connectivity index (χ0) is 17.3. The normalized spacial score (nSPS) is 29.1. The van der Waals surface area contributed by atoms with Crippen LogP contribution in [-0.2, 0) is 16.9 Å². The number of fused-ring (bicyclic) bond motifs is 2. The van der Waals surface area contributed by atoms with Gasteiger partial charge < -0.3 is 9.84 Å². The first-order valence-corrected chi connectivity index (χ1v) is 8.50. The quantitative estimate of drug-likeness (QED) is 0.917. The minimum Gasteiger partial charge on any atom is -0.385 e. The molecule has 2 aliphatic heterocycles. The molecule has 6 nitrogen and oxygen atoms in total. The Labute approximate surface area is 146 Å². The fraction of sp³-hybridized carbons (Fsp3) is 0.421. The van der Waals surface area contributed by atoms with Crippen LogP contribution in [0.4, 0.5) is 0 Å². The van der Waals surface area contributed by atoms with E-state index in [2.05, 4.69) is 39.1 Å². The van der Waals surface area contributed by atoms with E-state index in [9.17, 15) is 5.11 Å². The molecule has 0 radical (unpaired) electrons. The number of benzene rings is 1. The number of rotatable bonds is 3. The monoisotopic (exact) mass is 336 g/mol. The molecule has 4 rings (SSSR count). The van der Waals surface area contributed by atoms with E-state index >= 15 is 0 Å². The molecule has 0 spiro atoms. The smallest absolute Gasteiger partial charge is 0.232 e. The largest absolute Gasteiger partial charge is 0.385 e. The molecule has 0 amide bonds. The number of aliphatic hydroxyl groups is 1. The number of aromatic nitrogens is 2. The second kappa shape index (κ2) is 6.52. The zero-order valence-corrected chi connectivity index (χ0v) is 13.9. The lowest BCUT2D eigenvalue weighted by Gasteiger charge is -2.51. The number of nitrogens with zero attached hydrogens (tertiary/aromatic N) is 4. The Hall–Kier alpha value is -2.33. The third kappa shape index (κ3) is 3.14. The van der Waals surface area contributed by atoms with Gasteiger partial charge in [-0.3, -0.25) is 4.90 Å². The van der Waals surface area contributed by atoms with Gasteiger partial charge in [0, 0.05) is 36.6 Å². The maximum absolute atomic E-state index is 11.3. The van der Waals surface area contributed by atoms with Crippen LogP contribution < -0.4 is 0 Å². The van der Waals surface area contributed by atoms with Crippen molar-refractivity contribution in [2.45, 2.75) is 37.1 Å². The Balaban J connectivity index is 1.56. The van der Waals surface area contributed by atoms with Gasteiger partial charge in [0.25, 0.3) is 0 Å². The average molecular weight is 336 g/mol. The van der Waals surface area contributed by atoms with E-state index in [-0.39, 0.29) is 17.9 Å². The van der Waals surface area contributed by atoms with Gasteiger partial charge in [0.15, 0.2) is 0 Å². The van der Waals surface area contributed by atoms with Gasteiger partial charge in [0.05, 0.1) is 18.8 Å². The van der Waals surface area contributed by atoms with Crippen molar-refractivity contribution in [3.63, 3.8) is 0 Å². The Bertz CT molecular complexity index is 758. The first-order chi connectivity index (χ1) is 12.2. The summed E-state index contributed by atoms with van der Waals surface area (Å²) in [6.07, 6.45) is 4.31. The summed E-state index contributed by atoms with van der Waals surface area (Å²) < 4.78 is 5.74. The second-order valence-electron chi connectivity index (χ2n) is 6.85. The van der Waals surface area contributed by atoms with Gasteiger partial charge in [0.1, 0.15) is 6.07 Å². The number of ether oxygens (including phenoxy) is 1. The van der Waals surface area contributed by atoms with Crippen molar-refractivity contribution in [2.75, 3.05) is 13.2 Å². The van der Waals surface area contributed by atoms with Crippen LogP contribution in [-0.4, -0.2) is 45.3 Å². The molecule has 2 aromatic rings. The summed E-state index contributed by atoms with van der Waals surface area (Å²) in [4.78, 5) is 10.5. The lowest BCUT2D eigenvalue weighted by atomic mass is 9.77.